The van der Waals surface area contributed by atoms with Gasteiger partial charge in [0.05, 0.1) is 16.3 Å². The van der Waals surface area contributed by atoms with E-state index in [-0.39, 0.29) is 18.5 Å². The Balaban J connectivity index is 1.79. The average Bonchev–Trinajstić information content (AvgIpc) is 3.00. The summed E-state index contributed by atoms with van der Waals surface area (Å²) in [6, 6.07) is 8.80. The molecule has 0 aliphatic heterocycles. The number of aromatic amines is 1. The number of H-pyrrole nitrogens is 1. The molecule has 1 atom stereocenters. The summed E-state index contributed by atoms with van der Waals surface area (Å²) >= 11 is 1.54. The van der Waals surface area contributed by atoms with Gasteiger partial charge in [-0.05, 0) is 19.1 Å². The van der Waals surface area contributed by atoms with Gasteiger partial charge in [0.2, 0.25) is 5.91 Å². The van der Waals surface area contributed by atoms with Crippen LogP contribution in [0.3, 0.4) is 0 Å². The summed E-state index contributed by atoms with van der Waals surface area (Å²) in [7, 11) is 1.68. The predicted octanol–water partition coefficient (Wildman–Crippen LogP) is 1.37. The van der Waals surface area contributed by atoms with Crippen LogP contribution < -0.4 is 11.2 Å². The smallest absolute Gasteiger partial charge is 0.328 e. The number of likely N-dealkylation sites (N-methyl/N-ethyl adjacent to an activating group) is 1. The zero-order valence-corrected chi connectivity index (χ0v) is 14.0. The van der Waals surface area contributed by atoms with Gasteiger partial charge in [-0.15, -0.1) is 11.3 Å². The molecule has 1 aromatic carbocycles. The number of amides is 1. The lowest BCUT2D eigenvalue weighted by molar-refractivity contribution is -0.132. The predicted molar refractivity (Wildman–Crippen MR) is 92.1 cm³/mol. The first-order valence-electron chi connectivity index (χ1n) is 7.36. The van der Waals surface area contributed by atoms with Crippen molar-refractivity contribution in [3.8, 4) is 0 Å². The Hall–Kier alpha value is -2.74. The van der Waals surface area contributed by atoms with Crippen molar-refractivity contribution in [2.24, 2.45) is 0 Å². The number of rotatable bonds is 4. The van der Waals surface area contributed by atoms with Crippen molar-refractivity contribution in [1.29, 1.82) is 0 Å². The van der Waals surface area contributed by atoms with Gasteiger partial charge in [0.1, 0.15) is 11.6 Å². The Bertz CT molecular complexity index is 971. The number of aromatic nitrogens is 3. The minimum absolute atomic E-state index is 0.138. The van der Waals surface area contributed by atoms with Crippen LogP contribution in [0.15, 0.2) is 46.1 Å². The molecule has 0 spiro atoms. The minimum Gasteiger partial charge on any atom is -0.335 e. The van der Waals surface area contributed by atoms with Gasteiger partial charge in [-0.3, -0.25) is 19.1 Å². The third kappa shape index (κ3) is 3.13. The normalized spacial score (nSPS) is 12.2. The first-order valence-corrected chi connectivity index (χ1v) is 8.18. The average molecular weight is 344 g/mol. The van der Waals surface area contributed by atoms with E-state index in [2.05, 4.69) is 9.97 Å². The number of thiazole rings is 1. The number of para-hydroxylation sites is 1. The molecule has 1 N–H and O–H groups in total. The standard InChI is InChI=1S/C16H16N4O3S/c1-10(15-17-11-5-3-4-6-12(11)24-15)19(2)14(22)9-20-8-7-13(21)18-16(20)23/h3-8,10H,9H2,1-2H3,(H,18,21,23). The molecule has 1 amide bonds. The highest BCUT2D eigenvalue weighted by Gasteiger charge is 2.21. The maximum absolute atomic E-state index is 12.4. The Kier molecular flexibility index (Phi) is 4.30. The molecule has 0 aliphatic carbocycles. The molecule has 0 saturated carbocycles. The lowest BCUT2D eigenvalue weighted by Crippen LogP contribution is -2.37. The maximum Gasteiger partial charge on any atom is 0.328 e. The fraction of sp³-hybridized carbons (Fsp3) is 0.250. The van der Waals surface area contributed by atoms with Crippen LogP contribution in [0.5, 0.6) is 0 Å². The van der Waals surface area contributed by atoms with E-state index in [4.69, 9.17) is 0 Å². The number of carbonyl (C=O) groups is 1. The van der Waals surface area contributed by atoms with Crippen LogP contribution in [0.25, 0.3) is 10.2 Å². The van der Waals surface area contributed by atoms with E-state index in [0.717, 1.165) is 15.2 Å². The van der Waals surface area contributed by atoms with Gasteiger partial charge < -0.3 is 4.90 Å². The molecule has 3 rings (SSSR count). The number of nitrogens with one attached hydrogen (secondary N) is 1. The van der Waals surface area contributed by atoms with Crippen LogP contribution in [-0.2, 0) is 11.3 Å². The second kappa shape index (κ2) is 6.40. The molecule has 124 valence electrons. The molecular weight excluding hydrogens is 328 g/mol. The Morgan fingerprint density at radius 2 is 2.08 bits per heavy atom. The van der Waals surface area contributed by atoms with Crippen molar-refractivity contribution >= 4 is 27.5 Å². The molecule has 0 saturated heterocycles. The van der Waals surface area contributed by atoms with Gasteiger partial charge in [-0.1, -0.05) is 12.1 Å². The Labute approximate surface area is 141 Å². The Morgan fingerprint density at radius 1 is 1.33 bits per heavy atom. The quantitative estimate of drug-likeness (QED) is 0.774. The van der Waals surface area contributed by atoms with Crippen molar-refractivity contribution < 1.29 is 4.79 Å². The van der Waals surface area contributed by atoms with Crippen LogP contribution in [0, 0.1) is 0 Å². The van der Waals surface area contributed by atoms with Gasteiger partial charge in [0.15, 0.2) is 0 Å². The second-order valence-corrected chi connectivity index (χ2v) is 6.50. The van der Waals surface area contributed by atoms with Crippen LogP contribution in [0.1, 0.15) is 18.0 Å². The number of fused-ring (bicyclic) bond motifs is 1. The number of hydrogen-bond acceptors (Lipinski definition) is 5. The summed E-state index contributed by atoms with van der Waals surface area (Å²) < 4.78 is 2.24. The summed E-state index contributed by atoms with van der Waals surface area (Å²) in [6.07, 6.45) is 1.31. The molecule has 7 nitrogen and oxygen atoms in total. The molecule has 3 aromatic rings. The van der Waals surface area contributed by atoms with Crippen molar-refractivity contribution in [2.45, 2.75) is 19.5 Å². The van der Waals surface area contributed by atoms with Crippen molar-refractivity contribution in [1.82, 2.24) is 19.4 Å². The monoisotopic (exact) mass is 344 g/mol. The van der Waals surface area contributed by atoms with Crippen LogP contribution in [-0.4, -0.2) is 32.4 Å². The van der Waals surface area contributed by atoms with Crippen LogP contribution >= 0.6 is 11.3 Å². The van der Waals surface area contributed by atoms with E-state index in [1.165, 1.54) is 16.8 Å². The second-order valence-electron chi connectivity index (χ2n) is 5.44. The lowest BCUT2D eigenvalue weighted by atomic mass is 10.3. The molecule has 2 heterocycles. The van der Waals surface area contributed by atoms with Gasteiger partial charge >= 0.3 is 5.69 Å². The number of hydrogen-bond donors (Lipinski definition) is 1. The fourth-order valence-corrected chi connectivity index (χ4v) is 3.34. The highest BCUT2D eigenvalue weighted by molar-refractivity contribution is 7.18. The van der Waals surface area contributed by atoms with Crippen LogP contribution in [0.2, 0.25) is 0 Å². The first-order chi connectivity index (χ1) is 11.5. The highest BCUT2D eigenvalue weighted by Crippen LogP contribution is 2.28. The number of nitrogens with zero attached hydrogens (tertiary/aromatic N) is 3. The van der Waals surface area contributed by atoms with Gasteiger partial charge in [0, 0.05) is 19.3 Å². The van der Waals surface area contributed by atoms with E-state index in [1.807, 2.05) is 31.2 Å². The molecule has 0 bridgehead atoms. The van der Waals surface area contributed by atoms with E-state index in [9.17, 15) is 14.4 Å². The SMILES string of the molecule is CC(c1nc2ccccc2s1)N(C)C(=O)Cn1ccc(=O)[nH]c1=O. The summed E-state index contributed by atoms with van der Waals surface area (Å²) in [5.74, 6) is -0.240. The topological polar surface area (TPSA) is 88.1 Å². The molecule has 2 aromatic heterocycles. The van der Waals surface area contributed by atoms with Crippen LogP contribution in [0.4, 0.5) is 0 Å². The van der Waals surface area contributed by atoms with Gasteiger partial charge in [0.25, 0.3) is 5.56 Å². The van der Waals surface area contributed by atoms with Crippen molar-refractivity contribution in [2.75, 3.05) is 7.05 Å². The molecule has 0 aliphatic rings. The van der Waals surface area contributed by atoms with E-state index < -0.39 is 11.2 Å². The summed E-state index contributed by atoms with van der Waals surface area (Å²) in [5, 5.41) is 0.834. The summed E-state index contributed by atoms with van der Waals surface area (Å²) in [5.41, 5.74) is -0.182. The third-order valence-electron chi connectivity index (χ3n) is 3.84. The molecule has 0 radical (unpaired) electrons. The zero-order chi connectivity index (χ0) is 17.3. The highest BCUT2D eigenvalue weighted by atomic mass is 32.1. The molecule has 8 heteroatoms. The van der Waals surface area contributed by atoms with E-state index in [0.29, 0.717) is 0 Å². The number of carbonyl (C=O) groups excluding carboxylic acids is 1. The first kappa shape index (κ1) is 16.1. The molecule has 1 unspecified atom stereocenters. The molecule has 24 heavy (non-hydrogen) atoms. The van der Waals surface area contributed by atoms with Gasteiger partial charge in [-0.2, -0.15) is 0 Å². The third-order valence-corrected chi connectivity index (χ3v) is 5.05. The van der Waals surface area contributed by atoms with Crippen molar-refractivity contribution in [3.63, 3.8) is 0 Å². The summed E-state index contributed by atoms with van der Waals surface area (Å²) in [4.78, 5) is 43.4. The van der Waals surface area contributed by atoms with E-state index >= 15 is 0 Å². The maximum atomic E-state index is 12.4. The lowest BCUT2D eigenvalue weighted by Gasteiger charge is -2.23. The largest absolute Gasteiger partial charge is 0.335 e. The molecular formula is C16H16N4O3S. The summed E-state index contributed by atoms with van der Waals surface area (Å²) in [6.45, 7) is 1.76. The zero-order valence-electron chi connectivity index (χ0n) is 13.2. The minimum atomic E-state index is -0.600. The fourth-order valence-electron chi connectivity index (χ4n) is 2.28. The van der Waals surface area contributed by atoms with Gasteiger partial charge in [-0.25, -0.2) is 9.78 Å². The number of benzene rings is 1. The van der Waals surface area contributed by atoms with E-state index in [1.54, 1.807) is 23.3 Å². The Morgan fingerprint density at radius 3 is 2.79 bits per heavy atom. The molecule has 0 fully saturated rings. The van der Waals surface area contributed by atoms with Crippen molar-refractivity contribution in [3.05, 3.63) is 62.4 Å².